The number of rotatable bonds is 3. The van der Waals surface area contributed by atoms with Crippen LogP contribution in [0.5, 0.6) is 0 Å². The van der Waals surface area contributed by atoms with Crippen LogP contribution in [0, 0.1) is 13.8 Å². The number of aryl methyl sites for hydroxylation is 2. The third-order valence-corrected chi connectivity index (χ3v) is 2.73. The van der Waals surface area contributed by atoms with Crippen molar-refractivity contribution in [3.63, 3.8) is 0 Å². The Kier molecular flexibility index (Phi) is 3.79. The van der Waals surface area contributed by atoms with E-state index in [0.717, 1.165) is 11.1 Å². The monoisotopic (exact) mass is 270 g/mol. The van der Waals surface area contributed by atoms with E-state index in [1.165, 1.54) is 18.3 Å². The van der Waals surface area contributed by atoms with Gasteiger partial charge < -0.3 is 10.4 Å². The van der Waals surface area contributed by atoms with Crippen molar-refractivity contribution in [3.05, 3.63) is 58.8 Å². The Morgan fingerprint density at radius 3 is 2.30 bits per heavy atom. The van der Waals surface area contributed by atoms with E-state index in [-0.39, 0.29) is 17.3 Å². The molecule has 1 aromatic carbocycles. The van der Waals surface area contributed by atoms with Crippen molar-refractivity contribution < 1.29 is 14.7 Å². The van der Waals surface area contributed by atoms with Gasteiger partial charge in [0.15, 0.2) is 0 Å². The number of nitrogens with one attached hydrogen (secondary N) is 1. The summed E-state index contributed by atoms with van der Waals surface area (Å²) >= 11 is 0. The number of carbonyl (C=O) groups excluding carboxylic acids is 1. The Balaban J connectivity index is 2.23. The molecule has 0 saturated heterocycles. The predicted molar refractivity (Wildman–Crippen MR) is 75.1 cm³/mol. The van der Waals surface area contributed by atoms with Crippen LogP contribution < -0.4 is 5.32 Å². The zero-order valence-electron chi connectivity index (χ0n) is 11.2. The van der Waals surface area contributed by atoms with Crippen LogP contribution in [0.15, 0.2) is 36.5 Å². The highest BCUT2D eigenvalue weighted by Gasteiger charge is 2.10. The molecule has 2 rings (SSSR count). The van der Waals surface area contributed by atoms with Gasteiger partial charge >= 0.3 is 5.97 Å². The standard InChI is InChI=1S/C15H14N2O3/c1-9-5-10(2)7-12(6-9)14(18)17-13-8-11(15(19)20)3-4-16-13/h3-8H,1-2H3,(H,19,20)(H,16,17,18). The molecule has 2 aromatic rings. The molecule has 0 aliphatic rings. The van der Waals surface area contributed by atoms with Crippen LogP contribution in [0.2, 0.25) is 0 Å². The molecule has 0 saturated carbocycles. The molecule has 0 unspecified atom stereocenters. The number of hydrogen-bond acceptors (Lipinski definition) is 3. The lowest BCUT2D eigenvalue weighted by Crippen LogP contribution is -2.14. The molecule has 0 aliphatic carbocycles. The largest absolute Gasteiger partial charge is 0.478 e. The van der Waals surface area contributed by atoms with Crippen LogP contribution in [-0.2, 0) is 0 Å². The molecule has 102 valence electrons. The normalized spacial score (nSPS) is 10.1. The molecule has 0 atom stereocenters. The first kappa shape index (κ1) is 13.7. The van der Waals surface area contributed by atoms with Crippen molar-refractivity contribution in [2.24, 2.45) is 0 Å². The lowest BCUT2D eigenvalue weighted by molar-refractivity contribution is 0.0696. The lowest BCUT2D eigenvalue weighted by Gasteiger charge is -2.07. The minimum absolute atomic E-state index is 0.0794. The van der Waals surface area contributed by atoms with E-state index in [0.29, 0.717) is 5.56 Å². The minimum Gasteiger partial charge on any atom is -0.478 e. The summed E-state index contributed by atoms with van der Waals surface area (Å²) in [5.74, 6) is -1.16. The summed E-state index contributed by atoms with van der Waals surface area (Å²) < 4.78 is 0. The maximum Gasteiger partial charge on any atom is 0.335 e. The van der Waals surface area contributed by atoms with E-state index in [4.69, 9.17) is 5.11 Å². The van der Waals surface area contributed by atoms with Gasteiger partial charge in [0, 0.05) is 11.8 Å². The van der Waals surface area contributed by atoms with Gasteiger partial charge in [0.1, 0.15) is 5.82 Å². The number of nitrogens with zero attached hydrogens (tertiary/aromatic N) is 1. The van der Waals surface area contributed by atoms with Gasteiger partial charge in [-0.05, 0) is 38.1 Å². The average Bonchev–Trinajstić information content (AvgIpc) is 2.37. The summed E-state index contributed by atoms with van der Waals surface area (Å²) in [5.41, 5.74) is 2.57. The number of carbonyl (C=O) groups is 2. The SMILES string of the molecule is Cc1cc(C)cc(C(=O)Nc2cc(C(=O)O)ccn2)c1. The first-order valence-electron chi connectivity index (χ1n) is 6.05. The van der Waals surface area contributed by atoms with Crippen LogP contribution in [0.25, 0.3) is 0 Å². The van der Waals surface area contributed by atoms with E-state index in [1.54, 1.807) is 12.1 Å². The molecule has 5 nitrogen and oxygen atoms in total. The second-order valence-corrected chi connectivity index (χ2v) is 4.57. The number of benzene rings is 1. The minimum atomic E-state index is -1.06. The summed E-state index contributed by atoms with van der Waals surface area (Å²) in [6, 6.07) is 8.20. The molecule has 0 fully saturated rings. The van der Waals surface area contributed by atoms with Crippen LogP contribution in [0.1, 0.15) is 31.8 Å². The van der Waals surface area contributed by atoms with E-state index >= 15 is 0 Å². The van der Waals surface area contributed by atoms with Gasteiger partial charge in [-0.25, -0.2) is 9.78 Å². The summed E-state index contributed by atoms with van der Waals surface area (Å²) in [5, 5.41) is 11.5. The molecule has 0 bridgehead atoms. The van der Waals surface area contributed by atoms with Crippen molar-refractivity contribution in [3.8, 4) is 0 Å². The fraction of sp³-hybridized carbons (Fsp3) is 0.133. The Bertz CT molecular complexity index is 660. The molecule has 1 heterocycles. The summed E-state index contributed by atoms with van der Waals surface area (Å²) in [7, 11) is 0. The third kappa shape index (κ3) is 3.20. The zero-order valence-corrected chi connectivity index (χ0v) is 11.2. The van der Waals surface area contributed by atoms with E-state index in [9.17, 15) is 9.59 Å². The number of aromatic carboxylic acids is 1. The van der Waals surface area contributed by atoms with Gasteiger partial charge in [-0.3, -0.25) is 4.79 Å². The highest BCUT2D eigenvalue weighted by Crippen LogP contribution is 2.12. The van der Waals surface area contributed by atoms with Gasteiger partial charge in [0.2, 0.25) is 0 Å². The molecular formula is C15H14N2O3. The third-order valence-electron chi connectivity index (χ3n) is 2.73. The highest BCUT2D eigenvalue weighted by molar-refractivity contribution is 6.04. The number of hydrogen-bond donors (Lipinski definition) is 2. The van der Waals surface area contributed by atoms with E-state index in [1.807, 2.05) is 19.9 Å². The Hall–Kier alpha value is -2.69. The highest BCUT2D eigenvalue weighted by atomic mass is 16.4. The van der Waals surface area contributed by atoms with Gasteiger partial charge in [-0.2, -0.15) is 0 Å². The molecule has 5 heteroatoms. The number of pyridine rings is 1. The quantitative estimate of drug-likeness (QED) is 0.898. The Morgan fingerprint density at radius 2 is 1.70 bits per heavy atom. The smallest absolute Gasteiger partial charge is 0.335 e. The predicted octanol–water partition coefficient (Wildman–Crippen LogP) is 2.65. The second kappa shape index (κ2) is 5.52. The molecule has 0 aliphatic heterocycles. The Morgan fingerprint density at radius 1 is 1.05 bits per heavy atom. The van der Waals surface area contributed by atoms with Crippen molar-refractivity contribution in [2.45, 2.75) is 13.8 Å². The fourth-order valence-corrected chi connectivity index (χ4v) is 1.93. The number of carboxylic acid groups (broad SMARTS) is 1. The molecule has 20 heavy (non-hydrogen) atoms. The Labute approximate surface area is 116 Å². The first-order valence-corrected chi connectivity index (χ1v) is 6.05. The van der Waals surface area contributed by atoms with Crippen LogP contribution >= 0.6 is 0 Å². The molecule has 0 radical (unpaired) electrons. The maximum absolute atomic E-state index is 12.1. The topological polar surface area (TPSA) is 79.3 Å². The van der Waals surface area contributed by atoms with Crippen molar-refractivity contribution in [2.75, 3.05) is 5.32 Å². The number of amides is 1. The van der Waals surface area contributed by atoms with Crippen molar-refractivity contribution >= 4 is 17.7 Å². The molecule has 0 spiro atoms. The summed E-state index contributed by atoms with van der Waals surface area (Å²) in [6.07, 6.45) is 1.35. The van der Waals surface area contributed by atoms with Gasteiger partial charge in [0.25, 0.3) is 5.91 Å². The van der Waals surface area contributed by atoms with Crippen molar-refractivity contribution in [1.29, 1.82) is 0 Å². The number of carboxylic acids is 1. The lowest BCUT2D eigenvalue weighted by atomic mass is 10.1. The van der Waals surface area contributed by atoms with E-state index < -0.39 is 5.97 Å². The van der Waals surface area contributed by atoms with Crippen molar-refractivity contribution in [1.82, 2.24) is 4.98 Å². The molecular weight excluding hydrogens is 256 g/mol. The van der Waals surface area contributed by atoms with Gasteiger partial charge in [0.05, 0.1) is 5.56 Å². The number of aromatic nitrogens is 1. The summed E-state index contributed by atoms with van der Waals surface area (Å²) in [6.45, 7) is 3.82. The number of anilines is 1. The van der Waals surface area contributed by atoms with Crippen LogP contribution in [0.3, 0.4) is 0 Å². The maximum atomic E-state index is 12.1. The van der Waals surface area contributed by atoms with Crippen LogP contribution in [-0.4, -0.2) is 22.0 Å². The van der Waals surface area contributed by atoms with Gasteiger partial charge in [-0.15, -0.1) is 0 Å². The second-order valence-electron chi connectivity index (χ2n) is 4.57. The zero-order chi connectivity index (χ0) is 14.7. The first-order chi connectivity index (χ1) is 9.45. The molecule has 1 aromatic heterocycles. The average molecular weight is 270 g/mol. The molecule has 1 amide bonds. The molecule has 2 N–H and O–H groups in total. The van der Waals surface area contributed by atoms with Gasteiger partial charge in [-0.1, -0.05) is 17.2 Å². The van der Waals surface area contributed by atoms with Crippen LogP contribution in [0.4, 0.5) is 5.82 Å². The fourth-order valence-electron chi connectivity index (χ4n) is 1.93. The summed E-state index contributed by atoms with van der Waals surface area (Å²) in [4.78, 5) is 26.9. The van der Waals surface area contributed by atoms with E-state index in [2.05, 4.69) is 10.3 Å².